The fraction of sp³-hybridized carbons (Fsp3) is 0.636. The molecule has 3 rings (SSSR count). The summed E-state index contributed by atoms with van der Waals surface area (Å²) in [6.07, 6.45) is -0.984. The molecule has 1 unspecified atom stereocenters. The van der Waals surface area contributed by atoms with E-state index in [4.69, 9.17) is 9.63 Å². The number of hydrogen-bond donors (Lipinski definition) is 3. The third-order valence-corrected chi connectivity index (χ3v) is 4.07. The first-order valence-electron chi connectivity index (χ1n) is 5.76. The average molecular weight is 274 g/mol. The number of rotatable bonds is 3. The van der Waals surface area contributed by atoms with Gasteiger partial charge < -0.3 is 20.3 Å². The molecule has 1 aromatic heterocycles. The average Bonchev–Trinajstić information content (AvgIpc) is 2.73. The van der Waals surface area contributed by atoms with E-state index < -0.39 is 6.09 Å². The lowest BCUT2D eigenvalue weighted by molar-refractivity contribution is 0.192. The maximum Gasteiger partial charge on any atom is 0.404 e. The van der Waals surface area contributed by atoms with Crippen LogP contribution in [-0.2, 0) is 5.41 Å². The molecular formula is C11H16ClN3O3. The fourth-order valence-electron chi connectivity index (χ4n) is 3.19. The van der Waals surface area contributed by atoms with Crippen LogP contribution in [0.3, 0.4) is 0 Å². The Labute approximate surface area is 111 Å². The Morgan fingerprint density at radius 1 is 1.67 bits per heavy atom. The van der Waals surface area contributed by atoms with Crippen molar-refractivity contribution >= 4 is 18.5 Å². The molecule has 2 heterocycles. The van der Waals surface area contributed by atoms with Gasteiger partial charge in [0.1, 0.15) is 5.76 Å². The molecule has 1 aromatic rings. The number of halogens is 1. The van der Waals surface area contributed by atoms with Gasteiger partial charge in [-0.05, 0) is 31.8 Å². The van der Waals surface area contributed by atoms with Crippen molar-refractivity contribution in [1.82, 2.24) is 15.8 Å². The highest BCUT2D eigenvalue weighted by molar-refractivity contribution is 5.85. The molecular weight excluding hydrogens is 258 g/mol. The van der Waals surface area contributed by atoms with Crippen LogP contribution in [0.4, 0.5) is 4.79 Å². The van der Waals surface area contributed by atoms with Gasteiger partial charge in [-0.15, -0.1) is 12.4 Å². The monoisotopic (exact) mass is 273 g/mol. The van der Waals surface area contributed by atoms with Gasteiger partial charge in [0.15, 0.2) is 0 Å². The van der Waals surface area contributed by atoms with E-state index in [0.717, 1.165) is 24.5 Å². The van der Waals surface area contributed by atoms with Gasteiger partial charge in [0, 0.05) is 18.0 Å². The van der Waals surface area contributed by atoms with Crippen molar-refractivity contribution in [3.05, 3.63) is 17.5 Å². The van der Waals surface area contributed by atoms with Crippen molar-refractivity contribution in [2.24, 2.45) is 11.8 Å². The van der Waals surface area contributed by atoms with Gasteiger partial charge in [0.2, 0.25) is 0 Å². The zero-order valence-corrected chi connectivity index (χ0v) is 10.8. The number of carboxylic acid groups (broad SMARTS) is 1. The van der Waals surface area contributed by atoms with E-state index in [9.17, 15) is 4.79 Å². The van der Waals surface area contributed by atoms with Crippen LogP contribution in [0.15, 0.2) is 10.6 Å². The predicted octanol–water partition coefficient (Wildman–Crippen LogP) is 0.759. The molecule has 3 N–H and O–H groups in total. The van der Waals surface area contributed by atoms with Crippen molar-refractivity contribution in [2.75, 3.05) is 19.6 Å². The molecule has 1 saturated carbocycles. The van der Waals surface area contributed by atoms with Crippen molar-refractivity contribution in [2.45, 2.75) is 12.3 Å². The van der Waals surface area contributed by atoms with Crippen LogP contribution < -0.4 is 10.6 Å². The molecule has 1 amide bonds. The van der Waals surface area contributed by atoms with Crippen molar-refractivity contribution in [1.29, 1.82) is 0 Å². The Morgan fingerprint density at radius 3 is 2.83 bits per heavy atom. The molecule has 0 bridgehead atoms. The highest BCUT2D eigenvalue weighted by atomic mass is 35.5. The van der Waals surface area contributed by atoms with Crippen LogP contribution in [0.2, 0.25) is 0 Å². The van der Waals surface area contributed by atoms with Gasteiger partial charge in [0.05, 0.1) is 5.69 Å². The summed E-state index contributed by atoms with van der Waals surface area (Å²) in [6, 6.07) is 1.92. The molecule has 0 spiro atoms. The van der Waals surface area contributed by atoms with Crippen molar-refractivity contribution < 1.29 is 14.4 Å². The predicted molar refractivity (Wildman–Crippen MR) is 66.0 cm³/mol. The summed E-state index contributed by atoms with van der Waals surface area (Å²) in [5, 5.41) is 18.6. The number of carbonyl (C=O) groups is 1. The lowest BCUT2D eigenvalue weighted by Crippen LogP contribution is -2.37. The Bertz CT molecular complexity index is 452. The molecule has 1 saturated heterocycles. The van der Waals surface area contributed by atoms with Gasteiger partial charge in [0.25, 0.3) is 0 Å². The third-order valence-electron chi connectivity index (χ3n) is 4.07. The van der Waals surface area contributed by atoms with Gasteiger partial charge in [-0.1, -0.05) is 5.16 Å². The summed E-state index contributed by atoms with van der Waals surface area (Å²) in [6.45, 7) is 4.13. The maximum absolute atomic E-state index is 10.7. The number of aromatic nitrogens is 1. The standard InChI is InChI=1S/C11H15N3O3.ClH/c1-6-2-9(14-17-6)11(5-13-10(15)16)7-3-12-4-8(7)11;/h2,7-8,12-13H,3-5H2,1H3,(H,15,16);1H/t7-,8+,11?;. The summed E-state index contributed by atoms with van der Waals surface area (Å²) in [7, 11) is 0. The molecule has 100 valence electrons. The highest BCUT2D eigenvalue weighted by Crippen LogP contribution is 2.60. The summed E-state index contributed by atoms with van der Waals surface area (Å²) in [5.41, 5.74) is 0.738. The number of hydrogen-bond acceptors (Lipinski definition) is 4. The Hall–Kier alpha value is -1.27. The van der Waals surface area contributed by atoms with Gasteiger partial charge >= 0.3 is 6.09 Å². The molecule has 1 aliphatic carbocycles. The first kappa shape index (κ1) is 13.2. The molecule has 18 heavy (non-hydrogen) atoms. The summed E-state index contributed by atoms with van der Waals surface area (Å²) in [5.74, 6) is 1.71. The minimum absolute atomic E-state index is 0. The van der Waals surface area contributed by atoms with E-state index in [2.05, 4.69) is 15.8 Å². The van der Waals surface area contributed by atoms with E-state index >= 15 is 0 Å². The second-order valence-electron chi connectivity index (χ2n) is 4.89. The van der Waals surface area contributed by atoms with Crippen LogP contribution in [0.1, 0.15) is 11.5 Å². The normalized spacial score (nSPS) is 32.5. The van der Waals surface area contributed by atoms with Crippen molar-refractivity contribution in [3.63, 3.8) is 0 Å². The molecule has 7 heteroatoms. The van der Waals surface area contributed by atoms with Crippen LogP contribution >= 0.6 is 12.4 Å². The zero-order valence-electron chi connectivity index (χ0n) is 9.97. The highest BCUT2D eigenvalue weighted by Gasteiger charge is 2.68. The first-order valence-corrected chi connectivity index (χ1v) is 5.76. The van der Waals surface area contributed by atoms with Crippen LogP contribution in [0, 0.1) is 18.8 Å². The zero-order chi connectivity index (χ0) is 12.0. The third kappa shape index (κ3) is 1.76. The summed E-state index contributed by atoms with van der Waals surface area (Å²) < 4.78 is 5.12. The molecule has 0 radical (unpaired) electrons. The van der Waals surface area contributed by atoms with E-state index in [-0.39, 0.29) is 17.8 Å². The topological polar surface area (TPSA) is 87.4 Å². The largest absolute Gasteiger partial charge is 0.465 e. The number of aryl methyl sites for hydroxylation is 1. The Kier molecular flexibility index (Phi) is 3.25. The van der Waals surface area contributed by atoms with E-state index in [1.54, 1.807) is 0 Å². The summed E-state index contributed by atoms with van der Waals surface area (Å²) >= 11 is 0. The van der Waals surface area contributed by atoms with E-state index in [1.807, 2.05) is 13.0 Å². The second kappa shape index (κ2) is 4.44. The first-order chi connectivity index (χ1) is 8.14. The van der Waals surface area contributed by atoms with E-state index in [0.29, 0.717) is 18.4 Å². The lowest BCUT2D eigenvalue weighted by Gasteiger charge is -2.18. The van der Waals surface area contributed by atoms with Gasteiger partial charge in [-0.3, -0.25) is 0 Å². The van der Waals surface area contributed by atoms with Crippen LogP contribution in [0.25, 0.3) is 0 Å². The van der Waals surface area contributed by atoms with Crippen LogP contribution in [0.5, 0.6) is 0 Å². The van der Waals surface area contributed by atoms with E-state index in [1.165, 1.54) is 0 Å². The number of piperidine rings is 1. The smallest absolute Gasteiger partial charge is 0.404 e. The SMILES string of the molecule is Cc1cc(C2(CNC(=O)O)[C@@H]3CNC[C@@H]32)no1.Cl. The number of nitrogens with one attached hydrogen (secondary N) is 2. The molecule has 2 fully saturated rings. The maximum atomic E-state index is 10.7. The Balaban J connectivity index is 0.00000120. The summed E-state index contributed by atoms with van der Waals surface area (Å²) in [4.78, 5) is 10.7. The van der Waals surface area contributed by atoms with Gasteiger partial charge in [-0.25, -0.2) is 4.79 Å². The number of fused-ring (bicyclic) bond motifs is 1. The lowest BCUT2D eigenvalue weighted by atomic mass is 9.95. The molecule has 1 aliphatic heterocycles. The van der Waals surface area contributed by atoms with Gasteiger partial charge in [-0.2, -0.15) is 0 Å². The Morgan fingerprint density at radius 2 is 2.33 bits per heavy atom. The minimum Gasteiger partial charge on any atom is -0.465 e. The molecule has 6 nitrogen and oxygen atoms in total. The quantitative estimate of drug-likeness (QED) is 0.757. The number of nitrogens with zero attached hydrogens (tertiary/aromatic N) is 1. The van der Waals surface area contributed by atoms with Crippen LogP contribution in [-0.4, -0.2) is 36.0 Å². The minimum atomic E-state index is -0.984. The van der Waals surface area contributed by atoms with Crippen molar-refractivity contribution in [3.8, 4) is 0 Å². The molecule has 3 atom stereocenters. The second-order valence-corrected chi connectivity index (χ2v) is 4.89. The fourth-order valence-corrected chi connectivity index (χ4v) is 3.19. The molecule has 2 aliphatic rings. The molecule has 0 aromatic carbocycles. The number of amides is 1.